The molecule has 0 amide bonds. The van der Waals surface area contributed by atoms with E-state index in [4.69, 9.17) is 10.7 Å². The molecule has 0 aliphatic carbocycles. The molecule has 0 radical (unpaired) electrons. The normalized spacial score (nSPS) is 19.9. The Morgan fingerprint density at radius 2 is 1.41 bits per heavy atom. The number of amidine groups is 1. The van der Waals surface area contributed by atoms with Crippen LogP contribution < -0.4 is 5.73 Å². The third-order valence-electron chi connectivity index (χ3n) is 6.19. The van der Waals surface area contributed by atoms with Crippen molar-refractivity contribution in [1.29, 1.82) is 0 Å². The number of rotatable bonds is 18. The lowest BCUT2D eigenvalue weighted by Gasteiger charge is -2.32. The number of quaternary nitrogens is 1. The van der Waals surface area contributed by atoms with Crippen molar-refractivity contribution in [2.24, 2.45) is 10.7 Å². The molecular formula is C24H48N3+. The fraction of sp³-hybridized carbons (Fsp3) is 0.875. The first-order valence-electron chi connectivity index (χ1n) is 12.1. The molecule has 0 aromatic heterocycles. The highest BCUT2D eigenvalue weighted by Gasteiger charge is 2.33. The minimum absolute atomic E-state index is 0.750. The number of hydrogen-bond acceptors (Lipinski definition) is 2. The summed E-state index contributed by atoms with van der Waals surface area (Å²) < 4.78 is 0.992. The van der Waals surface area contributed by atoms with Gasteiger partial charge in [0.25, 0.3) is 0 Å². The first-order valence-corrected chi connectivity index (χ1v) is 12.1. The number of allylic oxidation sites excluding steroid dienone is 1. The van der Waals surface area contributed by atoms with Crippen molar-refractivity contribution in [2.45, 2.75) is 104 Å². The Morgan fingerprint density at radius 1 is 0.852 bits per heavy atom. The van der Waals surface area contributed by atoms with Crippen LogP contribution >= 0.6 is 0 Å². The topological polar surface area (TPSA) is 38.4 Å². The number of likely N-dealkylation sites (N-methyl/N-ethyl adjacent to an activating group) is 1. The zero-order chi connectivity index (χ0) is 19.6. The molecule has 3 nitrogen and oxygen atoms in total. The molecule has 1 unspecified atom stereocenters. The maximum atomic E-state index is 5.82. The Hall–Kier alpha value is -0.670. The zero-order valence-electron chi connectivity index (χ0n) is 18.6. The van der Waals surface area contributed by atoms with Gasteiger partial charge in [-0.05, 0) is 19.8 Å². The second kappa shape index (κ2) is 16.3. The van der Waals surface area contributed by atoms with Gasteiger partial charge in [0.1, 0.15) is 6.54 Å². The molecule has 0 spiro atoms. The summed E-state index contributed by atoms with van der Waals surface area (Å²) in [6.07, 6.45) is 24.3. The molecular weight excluding hydrogens is 330 g/mol. The summed E-state index contributed by atoms with van der Waals surface area (Å²) in [4.78, 5) is 4.73. The predicted molar refractivity (Wildman–Crippen MR) is 121 cm³/mol. The van der Waals surface area contributed by atoms with E-state index in [2.05, 4.69) is 26.0 Å². The van der Waals surface area contributed by atoms with Crippen LogP contribution in [0.25, 0.3) is 0 Å². The summed E-state index contributed by atoms with van der Waals surface area (Å²) in [7, 11) is 0. The van der Waals surface area contributed by atoms with Crippen LogP contribution in [0.1, 0.15) is 104 Å². The van der Waals surface area contributed by atoms with Gasteiger partial charge < -0.3 is 5.73 Å². The molecule has 2 N–H and O–H groups in total. The van der Waals surface area contributed by atoms with Crippen LogP contribution in [-0.4, -0.2) is 43.0 Å². The molecule has 0 saturated heterocycles. The highest BCUT2D eigenvalue weighted by Crippen LogP contribution is 2.16. The fourth-order valence-corrected chi connectivity index (χ4v) is 4.25. The minimum Gasteiger partial charge on any atom is -0.326 e. The van der Waals surface area contributed by atoms with E-state index in [1.807, 2.05) is 0 Å². The standard InChI is InChI=1S/C24H48N3/c1-3-5-6-7-8-9-10-11-12-13-14-15-16-17-18-19-24-26-21-23-27(24,4-2)22-20-25/h18-19H,3-17,20-23,25H2,1-2H3/q+1. The summed E-state index contributed by atoms with van der Waals surface area (Å²) in [6.45, 7) is 9.53. The third kappa shape index (κ3) is 10.4. The summed E-state index contributed by atoms with van der Waals surface area (Å²) in [5.41, 5.74) is 5.82. The van der Waals surface area contributed by atoms with Crippen molar-refractivity contribution >= 4 is 5.84 Å². The minimum atomic E-state index is 0.750. The summed E-state index contributed by atoms with van der Waals surface area (Å²) >= 11 is 0. The Kier molecular flexibility index (Phi) is 14.7. The highest BCUT2D eigenvalue weighted by atomic mass is 15.4. The van der Waals surface area contributed by atoms with Crippen LogP contribution in [0.3, 0.4) is 0 Å². The van der Waals surface area contributed by atoms with Crippen molar-refractivity contribution < 1.29 is 4.48 Å². The first kappa shape index (κ1) is 24.4. The molecule has 27 heavy (non-hydrogen) atoms. The second-order valence-electron chi connectivity index (χ2n) is 8.37. The van der Waals surface area contributed by atoms with Crippen molar-refractivity contribution in [3.8, 4) is 0 Å². The van der Waals surface area contributed by atoms with E-state index < -0.39 is 0 Å². The lowest BCUT2D eigenvalue weighted by molar-refractivity contribution is -0.830. The van der Waals surface area contributed by atoms with Crippen LogP contribution in [0.2, 0.25) is 0 Å². The Morgan fingerprint density at radius 3 is 1.93 bits per heavy atom. The zero-order valence-corrected chi connectivity index (χ0v) is 18.6. The van der Waals surface area contributed by atoms with Crippen LogP contribution in [0.15, 0.2) is 17.1 Å². The van der Waals surface area contributed by atoms with E-state index in [0.717, 1.165) is 37.2 Å². The van der Waals surface area contributed by atoms with Gasteiger partial charge in [0.05, 0.1) is 19.6 Å². The number of unbranched alkanes of at least 4 members (excludes halogenated alkanes) is 13. The van der Waals surface area contributed by atoms with Gasteiger partial charge in [0.15, 0.2) is 0 Å². The van der Waals surface area contributed by atoms with Gasteiger partial charge in [-0.2, -0.15) is 0 Å². The molecule has 1 atom stereocenters. The molecule has 1 aliphatic heterocycles. The van der Waals surface area contributed by atoms with E-state index in [0.29, 0.717) is 0 Å². The van der Waals surface area contributed by atoms with Crippen molar-refractivity contribution in [3.05, 3.63) is 12.2 Å². The van der Waals surface area contributed by atoms with E-state index in [-0.39, 0.29) is 0 Å². The molecule has 0 bridgehead atoms. The van der Waals surface area contributed by atoms with Crippen LogP contribution in [-0.2, 0) is 0 Å². The third-order valence-corrected chi connectivity index (χ3v) is 6.19. The van der Waals surface area contributed by atoms with Crippen LogP contribution in [0, 0.1) is 0 Å². The lowest BCUT2D eigenvalue weighted by atomic mass is 10.0. The first-order chi connectivity index (χ1) is 13.3. The molecule has 0 saturated carbocycles. The maximum absolute atomic E-state index is 5.82. The molecule has 1 rings (SSSR count). The molecule has 3 heteroatoms. The van der Waals surface area contributed by atoms with Gasteiger partial charge in [-0.3, -0.25) is 4.48 Å². The molecule has 0 aromatic rings. The van der Waals surface area contributed by atoms with Gasteiger partial charge >= 0.3 is 0 Å². The predicted octanol–water partition coefficient (Wildman–Crippen LogP) is 6.23. The second-order valence-corrected chi connectivity index (χ2v) is 8.37. The van der Waals surface area contributed by atoms with Crippen molar-refractivity contribution in [3.63, 3.8) is 0 Å². The van der Waals surface area contributed by atoms with Gasteiger partial charge in [0.2, 0.25) is 5.84 Å². The average Bonchev–Trinajstić information content (AvgIpc) is 3.08. The van der Waals surface area contributed by atoms with E-state index in [9.17, 15) is 0 Å². The maximum Gasteiger partial charge on any atom is 0.222 e. The quantitative estimate of drug-likeness (QED) is 0.223. The molecule has 0 aromatic carbocycles. The number of nitrogens with zero attached hydrogens (tertiary/aromatic N) is 2. The molecule has 0 fully saturated rings. The SMILES string of the molecule is CCCCCCCCCCCCCCCC=CC1=NCC[N+]1(CC)CCN. The molecule has 1 heterocycles. The van der Waals surface area contributed by atoms with Crippen LogP contribution in [0.4, 0.5) is 0 Å². The Bertz CT molecular complexity index is 402. The fourth-order valence-electron chi connectivity index (χ4n) is 4.25. The summed E-state index contributed by atoms with van der Waals surface area (Å²) in [6, 6.07) is 0. The van der Waals surface area contributed by atoms with Crippen molar-refractivity contribution in [1.82, 2.24) is 0 Å². The van der Waals surface area contributed by atoms with Crippen LogP contribution in [0.5, 0.6) is 0 Å². The van der Waals surface area contributed by atoms with Gasteiger partial charge in [0, 0.05) is 12.6 Å². The summed E-state index contributed by atoms with van der Waals surface area (Å²) in [5.74, 6) is 1.26. The molecule has 158 valence electrons. The highest BCUT2D eigenvalue weighted by molar-refractivity contribution is 5.88. The van der Waals surface area contributed by atoms with Gasteiger partial charge in [-0.25, -0.2) is 4.99 Å². The number of aliphatic imine (C=N–C) groups is 1. The monoisotopic (exact) mass is 378 g/mol. The van der Waals surface area contributed by atoms with E-state index >= 15 is 0 Å². The van der Waals surface area contributed by atoms with Gasteiger partial charge in [-0.15, -0.1) is 0 Å². The Labute approximate surface area is 170 Å². The number of hydrogen-bond donors (Lipinski definition) is 1. The molecule has 1 aliphatic rings. The largest absolute Gasteiger partial charge is 0.326 e. The lowest BCUT2D eigenvalue weighted by Crippen LogP contribution is -2.52. The Balaban J connectivity index is 1.95. The average molecular weight is 379 g/mol. The summed E-state index contributed by atoms with van der Waals surface area (Å²) in [5, 5.41) is 0. The van der Waals surface area contributed by atoms with Gasteiger partial charge in [-0.1, -0.05) is 90.0 Å². The van der Waals surface area contributed by atoms with E-state index in [1.54, 1.807) is 0 Å². The van der Waals surface area contributed by atoms with Crippen molar-refractivity contribution in [2.75, 3.05) is 32.7 Å². The van der Waals surface area contributed by atoms with E-state index in [1.165, 1.54) is 95.7 Å². The number of nitrogens with two attached hydrogens (primary N) is 1. The smallest absolute Gasteiger partial charge is 0.222 e.